The summed E-state index contributed by atoms with van der Waals surface area (Å²) in [6, 6.07) is 12.3. The van der Waals surface area contributed by atoms with E-state index >= 15 is 0 Å². The van der Waals surface area contributed by atoms with Crippen LogP contribution in [0.1, 0.15) is 17.5 Å². The van der Waals surface area contributed by atoms with Gasteiger partial charge >= 0.3 is 0 Å². The minimum atomic E-state index is -3.55. The van der Waals surface area contributed by atoms with Crippen molar-refractivity contribution in [3.63, 3.8) is 0 Å². The molecule has 0 N–H and O–H groups in total. The Bertz CT molecular complexity index is 940. The van der Waals surface area contributed by atoms with Gasteiger partial charge in [-0.05, 0) is 47.9 Å². The first-order valence-corrected chi connectivity index (χ1v) is 10.6. The quantitative estimate of drug-likeness (QED) is 0.623. The van der Waals surface area contributed by atoms with E-state index in [1.807, 2.05) is 24.3 Å². The zero-order chi connectivity index (χ0) is 21.6. The van der Waals surface area contributed by atoms with E-state index < -0.39 is 10.0 Å². The van der Waals surface area contributed by atoms with Crippen molar-refractivity contribution < 1.29 is 22.7 Å². The Hall–Kier alpha value is -2.58. The molecule has 0 radical (unpaired) electrons. The van der Waals surface area contributed by atoms with Gasteiger partial charge in [0.2, 0.25) is 15.9 Å². The SMILES string of the molecule is COc1ccc(CN(C)C(=O)CCc2cc(S(=O)(=O)N(C)C)ccc2OC)cc1. The number of nitrogens with zero attached hydrogens (tertiary/aromatic N) is 2. The molecule has 0 atom stereocenters. The van der Waals surface area contributed by atoms with Crippen LogP contribution in [0.2, 0.25) is 0 Å². The molecule has 1 amide bonds. The molecule has 29 heavy (non-hydrogen) atoms. The first-order valence-electron chi connectivity index (χ1n) is 9.15. The number of rotatable bonds is 9. The molecule has 0 fully saturated rings. The van der Waals surface area contributed by atoms with Gasteiger partial charge < -0.3 is 14.4 Å². The van der Waals surface area contributed by atoms with Crippen LogP contribution >= 0.6 is 0 Å². The van der Waals surface area contributed by atoms with Crippen LogP contribution in [0.3, 0.4) is 0 Å². The van der Waals surface area contributed by atoms with E-state index in [1.54, 1.807) is 31.2 Å². The summed E-state index contributed by atoms with van der Waals surface area (Å²) < 4.78 is 36.4. The number of ether oxygens (including phenoxy) is 2. The number of carbonyl (C=O) groups is 1. The molecule has 0 aromatic heterocycles. The third-order valence-corrected chi connectivity index (χ3v) is 6.45. The van der Waals surface area contributed by atoms with Gasteiger partial charge in [-0.25, -0.2) is 12.7 Å². The molecule has 0 saturated heterocycles. The maximum absolute atomic E-state index is 12.6. The monoisotopic (exact) mass is 420 g/mol. The summed E-state index contributed by atoms with van der Waals surface area (Å²) in [7, 11) is 4.29. The molecular formula is C21H28N2O5S. The molecule has 2 rings (SSSR count). The van der Waals surface area contributed by atoms with Crippen molar-refractivity contribution >= 4 is 15.9 Å². The third-order valence-electron chi connectivity index (χ3n) is 4.64. The van der Waals surface area contributed by atoms with Crippen molar-refractivity contribution in [3.8, 4) is 11.5 Å². The predicted molar refractivity (Wildman–Crippen MR) is 112 cm³/mol. The standard InChI is InChI=1S/C21H28N2O5S/c1-22(2)29(25,26)19-11-12-20(28-5)17(14-19)8-13-21(24)23(3)15-16-6-9-18(27-4)10-7-16/h6-7,9-12,14H,8,13,15H2,1-5H3. The van der Waals surface area contributed by atoms with Gasteiger partial charge in [-0.15, -0.1) is 0 Å². The van der Waals surface area contributed by atoms with Gasteiger partial charge in [0.15, 0.2) is 0 Å². The van der Waals surface area contributed by atoms with Crippen LogP contribution in [0, 0.1) is 0 Å². The van der Waals surface area contributed by atoms with Crippen LogP contribution in [0.15, 0.2) is 47.4 Å². The van der Waals surface area contributed by atoms with Gasteiger partial charge in [-0.2, -0.15) is 0 Å². The summed E-state index contributed by atoms with van der Waals surface area (Å²) >= 11 is 0. The van der Waals surface area contributed by atoms with Crippen LogP contribution < -0.4 is 9.47 Å². The first kappa shape index (κ1) is 22.7. The van der Waals surface area contributed by atoms with Crippen LogP contribution in [-0.2, 0) is 27.8 Å². The summed E-state index contributed by atoms with van der Waals surface area (Å²) in [5.41, 5.74) is 1.68. The maximum atomic E-state index is 12.6. The highest BCUT2D eigenvalue weighted by atomic mass is 32.2. The molecule has 0 aliphatic carbocycles. The number of aryl methyl sites for hydroxylation is 1. The lowest BCUT2D eigenvalue weighted by Crippen LogP contribution is -2.26. The smallest absolute Gasteiger partial charge is 0.242 e. The number of benzene rings is 2. The lowest BCUT2D eigenvalue weighted by atomic mass is 10.1. The van der Waals surface area contributed by atoms with Crippen molar-refractivity contribution in [2.24, 2.45) is 0 Å². The maximum Gasteiger partial charge on any atom is 0.242 e. The van der Waals surface area contributed by atoms with Gasteiger partial charge in [-0.3, -0.25) is 4.79 Å². The molecule has 0 aliphatic rings. The number of sulfonamides is 1. The summed E-state index contributed by atoms with van der Waals surface area (Å²) in [6.07, 6.45) is 0.625. The Morgan fingerprint density at radius 3 is 2.17 bits per heavy atom. The highest BCUT2D eigenvalue weighted by Gasteiger charge is 2.19. The molecule has 8 heteroatoms. The van der Waals surface area contributed by atoms with Crippen molar-refractivity contribution in [2.75, 3.05) is 35.4 Å². The fourth-order valence-electron chi connectivity index (χ4n) is 2.85. The summed E-state index contributed by atoms with van der Waals surface area (Å²) in [5.74, 6) is 1.29. The van der Waals surface area contributed by atoms with E-state index in [1.165, 1.54) is 27.3 Å². The Labute approximate surface area is 172 Å². The molecule has 0 saturated carbocycles. The molecule has 7 nitrogen and oxygen atoms in total. The fourth-order valence-corrected chi connectivity index (χ4v) is 3.80. The molecule has 2 aromatic rings. The highest BCUT2D eigenvalue weighted by Crippen LogP contribution is 2.25. The topological polar surface area (TPSA) is 76.2 Å². The Morgan fingerprint density at radius 1 is 0.966 bits per heavy atom. The van der Waals surface area contributed by atoms with Gasteiger partial charge in [0, 0.05) is 34.1 Å². The largest absolute Gasteiger partial charge is 0.497 e. The zero-order valence-corrected chi connectivity index (χ0v) is 18.3. The Kier molecular flexibility index (Phi) is 7.64. The van der Waals surface area contributed by atoms with E-state index in [9.17, 15) is 13.2 Å². The summed E-state index contributed by atoms with van der Waals surface area (Å²) in [5, 5.41) is 0. The van der Waals surface area contributed by atoms with E-state index in [4.69, 9.17) is 9.47 Å². The van der Waals surface area contributed by atoms with Gasteiger partial charge in [-0.1, -0.05) is 12.1 Å². The molecule has 0 heterocycles. The van der Waals surface area contributed by atoms with Crippen molar-refractivity contribution in [1.82, 2.24) is 9.21 Å². The first-order chi connectivity index (χ1) is 13.7. The van der Waals surface area contributed by atoms with E-state index in [2.05, 4.69) is 0 Å². The third kappa shape index (κ3) is 5.71. The average molecular weight is 421 g/mol. The zero-order valence-electron chi connectivity index (χ0n) is 17.5. The number of hydrogen-bond acceptors (Lipinski definition) is 5. The minimum absolute atomic E-state index is 0.0382. The average Bonchev–Trinajstić information content (AvgIpc) is 2.72. The predicted octanol–water partition coefficient (Wildman–Crippen LogP) is 2.55. The molecule has 0 unspecified atom stereocenters. The van der Waals surface area contributed by atoms with Crippen LogP contribution in [0.25, 0.3) is 0 Å². The lowest BCUT2D eigenvalue weighted by Gasteiger charge is -2.18. The normalized spacial score (nSPS) is 11.4. The van der Waals surface area contributed by atoms with Crippen molar-refractivity contribution in [2.45, 2.75) is 24.3 Å². The van der Waals surface area contributed by atoms with E-state index in [0.717, 1.165) is 15.6 Å². The number of carbonyl (C=O) groups excluding carboxylic acids is 1. The van der Waals surface area contributed by atoms with Crippen molar-refractivity contribution in [1.29, 1.82) is 0 Å². The second-order valence-electron chi connectivity index (χ2n) is 6.86. The van der Waals surface area contributed by atoms with Crippen LogP contribution in [0.5, 0.6) is 11.5 Å². The van der Waals surface area contributed by atoms with Gasteiger partial charge in [0.1, 0.15) is 11.5 Å². The van der Waals surface area contributed by atoms with Crippen LogP contribution in [0.4, 0.5) is 0 Å². The number of methoxy groups -OCH3 is 2. The molecule has 0 spiro atoms. The number of hydrogen-bond donors (Lipinski definition) is 0. The Balaban J connectivity index is 2.07. The summed E-state index contributed by atoms with van der Waals surface area (Å²) in [4.78, 5) is 14.4. The van der Waals surface area contributed by atoms with E-state index in [-0.39, 0.29) is 17.2 Å². The van der Waals surface area contributed by atoms with Gasteiger partial charge in [0.25, 0.3) is 0 Å². The minimum Gasteiger partial charge on any atom is -0.497 e. The fraction of sp³-hybridized carbons (Fsp3) is 0.381. The highest BCUT2D eigenvalue weighted by molar-refractivity contribution is 7.89. The summed E-state index contributed by atoms with van der Waals surface area (Å²) in [6.45, 7) is 0.481. The molecule has 0 bridgehead atoms. The molecule has 2 aromatic carbocycles. The second-order valence-corrected chi connectivity index (χ2v) is 9.01. The van der Waals surface area contributed by atoms with E-state index in [0.29, 0.717) is 24.3 Å². The number of amides is 1. The Morgan fingerprint density at radius 2 is 1.62 bits per heavy atom. The second kappa shape index (κ2) is 9.76. The molecular weight excluding hydrogens is 392 g/mol. The molecule has 0 aliphatic heterocycles. The lowest BCUT2D eigenvalue weighted by molar-refractivity contribution is -0.130. The molecule has 158 valence electrons. The van der Waals surface area contributed by atoms with Crippen molar-refractivity contribution in [3.05, 3.63) is 53.6 Å². The van der Waals surface area contributed by atoms with Gasteiger partial charge in [0.05, 0.1) is 19.1 Å². The van der Waals surface area contributed by atoms with Crippen LogP contribution in [-0.4, -0.2) is 58.9 Å².